The van der Waals surface area contributed by atoms with Crippen molar-refractivity contribution < 1.29 is 4.42 Å². The molecule has 0 saturated carbocycles. The molecule has 2 heterocycles. The summed E-state index contributed by atoms with van der Waals surface area (Å²) in [6.45, 7) is 1.80. The Balaban J connectivity index is 2.90. The molecule has 2 rings (SSSR count). The molecule has 56 valence electrons. The molecule has 3 nitrogen and oxygen atoms in total. The van der Waals surface area contributed by atoms with Gasteiger partial charge in [0, 0.05) is 13.1 Å². The van der Waals surface area contributed by atoms with E-state index < -0.39 is 0 Å². The second kappa shape index (κ2) is 2.30. The van der Waals surface area contributed by atoms with Crippen LogP contribution in [0.2, 0.25) is 0 Å². The number of hydrogen-bond donors (Lipinski definition) is 0. The molecule has 0 spiro atoms. The third-order valence-corrected chi connectivity index (χ3v) is 1.99. The van der Waals surface area contributed by atoms with Crippen molar-refractivity contribution in [1.29, 1.82) is 0 Å². The molecule has 0 amide bonds. The third-order valence-electron chi connectivity index (χ3n) is 1.36. The van der Waals surface area contributed by atoms with Crippen LogP contribution in [-0.2, 0) is 0 Å². The molecule has 2 aromatic rings. The van der Waals surface area contributed by atoms with Crippen LogP contribution in [0, 0.1) is 6.92 Å². The zero-order valence-electron chi connectivity index (χ0n) is 5.84. The maximum absolute atomic E-state index is 5.20. The molecule has 0 saturated heterocycles. The third kappa shape index (κ3) is 1.03. The molecule has 0 radical (unpaired) electrons. The van der Waals surface area contributed by atoms with Gasteiger partial charge < -0.3 is 4.42 Å². The zero-order valence-corrected chi connectivity index (χ0v) is 7.42. The van der Waals surface area contributed by atoms with Crippen molar-refractivity contribution in [3.05, 3.63) is 22.6 Å². The second-order valence-electron chi connectivity index (χ2n) is 2.18. The fraction of sp³-hybridized carbons (Fsp3) is 0.143. The molecule has 0 N–H and O–H groups in total. The van der Waals surface area contributed by atoms with Crippen LogP contribution in [0.1, 0.15) is 5.89 Å². The second-order valence-corrected chi connectivity index (χ2v) is 3.03. The summed E-state index contributed by atoms with van der Waals surface area (Å²) in [6, 6.07) is 1.84. The first kappa shape index (κ1) is 6.79. The number of fused-ring (bicyclic) bond motifs is 1. The minimum Gasteiger partial charge on any atom is -0.423 e. The van der Waals surface area contributed by atoms with Crippen LogP contribution in [0.3, 0.4) is 0 Å². The Hall–Kier alpha value is -0.900. The Labute approximate surface area is 71.6 Å². The van der Waals surface area contributed by atoms with Crippen LogP contribution in [0.25, 0.3) is 11.2 Å². The quantitative estimate of drug-likeness (QED) is 0.673. The zero-order chi connectivity index (χ0) is 7.84. The monoisotopic (exact) mass is 212 g/mol. The highest BCUT2D eigenvalue weighted by Gasteiger charge is 2.04. The van der Waals surface area contributed by atoms with Gasteiger partial charge in [-0.25, -0.2) is 9.97 Å². The Kier molecular flexibility index (Phi) is 1.42. The predicted molar refractivity (Wildman–Crippen MR) is 44.2 cm³/mol. The fourth-order valence-electron chi connectivity index (χ4n) is 0.909. The Bertz CT molecular complexity index is 396. The molecule has 4 heteroatoms. The highest BCUT2D eigenvalue weighted by molar-refractivity contribution is 9.10. The standard InChI is InChI=1S/C7H5BrN2O/c1-4-10-6-5(8)2-3-9-7(6)11-4/h2-3H,1H3. The lowest BCUT2D eigenvalue weighted by Crippen LogP contribution is -1.74. The molecule has 0 aromatic carbocycles. The molecule has 0 unspecified atom stereocenters. The van der Waals surface area contributed by atoms with Crippen LogP contribution >= 0.6 is 15.9 Å². The first-order valence-corrected chi connectivity index (χ1v) is 3.94. The summed E-state index contributed by atoms with van der Waals surface area (Å²) in [5.74, 6) is 0.638. The van der Waals surface area contributed by atoms with Crippen molar-refractivity contribution in [2.75, 3.05) is 0 Å². The number of aromatic nitrogens is 2. The van der Waals surface area contributed by atoms with Crippen LogP contribution < -0.4 is 0 Å². The van der Waals surface area contributed by atoms with E-state index in [-0.39, 0.29) is 0 Å². The van der Waals surface area contributed by atoms with Gasteiger partial charge in [0.15, 0.2) is 5.89 Å². The van der Waals surface area contributed by atoms with Crippen molar-refractivity contribution >= 4 is 27.2 Å². The number of aryl methyl sites for hydroxylation is 1. The van der Waals surface area contributed by atoms with Gasteiger partial charge in [0.25, 0.3) is 0 Å². The van der Waals surface area contributed by atoms with Gasteiger partial charge in [-0.3, -0.25) is 0 Å². The number of nitrogens with zero attached hydrogens (tertiary/aromatic N) is 2. The topological polar surface area (TPSA) is 38.9 Å². The van der Waals surface area contributed by atoms with Crippen LogP contribution in [0.15, 0.2) is 21.2 Å². The van der Waals surface area contributed by atoms with Gasteiger partial charge >= 0.3 is 0 Å². The van der Waals surface area contributed by atoms with E-state index >= 15 is 0 Å². The van der Waals surface area contributed by atoms with Crippen molar-refractivity contribution in [3.63, 3.8) is 0 Å². The summed E-state index contributed by atoms with van der Waals surface area (Å²) >= 11 is 3.35. The smallest absolute Gasteiger partial charge is 0.248 e. The molecular weight excluding hydrogens is 208 g/mol. The normalized spacial score (nSPS) is 10.7. The van der Waals surface area contributed by atoms with Gasteiger partial charge in [-0.2, -0.15) is 0 Å². The highest BCUT2D eigenvalue weighted by atomic mass is 79.9. The minimum atomic E-state index is 0.580. The lowest BCUT2D eigenvalue weighted by molar-refractivity contribution is 0.551. The van der Waals surface area contributed by atoms with E-state index in [0.29, 0.717) is 11.6 Å². The van der Waals surface area contributed by atoms with Gasteiger partial charge in [-0.15, -0.1) is 0 Å². The summed E-state index contributed by atoms with van der Waals surface area (Å²) in [5, 5.41) is 0. The van der Waals surface area contributed by atoms with E-state index in [1.165, 1.54) is 0 Å². The molecule has 0 aliphatic heterocycles. The molecule has 0 fully saturated rings. The molecule has 0 aliphatic carbocycles. The number of halogens is 1. The van der Waals surface area contributed by atoms with Gasteiger partial charge in [-0.05, 0) is 22.0 Å². The highest BCUT2D eigenvalue weighted by Crippen LogP contribution is 2.21. The van der Waals surface area contributed by atoms with E-state index in [1.54, 1.807) is 13.1 Å². The number of oxazole rings is 1. The van der Waals surface area contributed by atoms with E-state index in [1.807, 2.05) is 6.07 Å². The first-order valence-electron chi connectivity index (χ1n) is 3.15. The minimum absolute atomic E-state index is 0.580. The number of pyridine rings is 1. The van der Waals surface area contributed by atoms with E-state index in [4.69, 9.17) is 4.42 Å². The SMILES string of the molecule is Cc1nc2c(Br)ccnc2o1. The first-order chi connectivity index (χ1) is 5.27. The summed E-state index contributed by atoms with van der Waals surface area (Å²) in [4.78, 5) is 8.14. The molecule has 2 aromatic heterocycles. The average Bonchev–Trinajstić information content (AvgIpc) is 2.31. The molecule has 0 bridgehead atoms. The van der Waals surface area contributed by atoms with E-state index in [9.17, 15) is 0 Å². The Morgan fingerprint density at radius 2 is 2.36 bits per heavy atom. The van der Waals surface area contributed by atoms with Crippen molar-refractivity contribution in [2.24, 2.45) is 0 Å². The van der Waals surface area contributed by atoms with Gasteiger partial charge in [-0.1, -0.05) is 0 Å². The van der Waals surface area contributed by atoms with Crippen LogP contribution in [0.4, 0.5) is 0 Å². The maximum atomic E-state index is 5.20. The maximum Gasteiger partial charge on any atom is 0.248 e. The number of hydrogen-bond acceptors (Lipinski definition) is 3. The van der Waals surface area contributed by atoms with Crippen molar-refractivity contribution in [3.8, 4) is 0 Å². The van der Waals surface area contributed by atoms with Gasteiger partial charge in [0.2, 0.25) is 5.71 Å². The summed E-state index contributed by atoms with van der Waals surface area (Å²) < 4.78 is 6.11. The molecule has 11 heavy (non-hydrogen) atoms. The summed E-state index contributed by atoms with van der Waals surface area (Å²) in [7, 11) is 0. The van der Waals surface area contributed by atoms with Crippen LogP contribution in [0.5, 0.6) is 0 Å². The predicted octanol–water partition coefficient (Wildman–Crippen LogP) is 2.29. The van der Waals surface area contributed by atoms with Crippen molar-refractivity contribution in [1.82, 2.24) is 9.97 Å². The Morgan fingerprint density at radius 3 is 3.09 bits per heavy atom. The Morgan fingerprint density at radius 1 is 1.55 bits per heavy atom. The summed E-state index contributed by atoms with van der Waals surface area (Å²) in [5.41, 5.74) is 1.36. The fourth-order valence-corrected chi connectivity index (χ4v) is 1.29. The lowest BCUT2D eigenvalue weighted by Gasteiger charge is -1.86. The molecular formula is C7H5BrN2O. The van der Waals surface area contributed by atoms with E-state index in [2.05, 4.69) is 25.9 Å². The average molecular weight is 213 g/mol. The van der Waals surface area contributed by atoms with E-state index in [0.717, 1.165) is 9.99 Å². The lowest BCUT2D eigenvalue weighted by atomic mass is 10.4. The van der Waals surface area contributed by atoms with Crippen molar-refractivity contribution in [2.45, 2.75) is 6.92 Å². The molecule has 0 atom stereocenters. The number of rotatable bonds is 0. The largest absolute Gasteiger partial charge is 0.423 e. The molecule has 0 aliphatic rings. The van der Waals surface area contributed by atoms with Gasteiger partial charge in [0.05, 0.1) is 4.47 Å². The summed E-state index contributed by atoms with van der Waals surface area (Å²) in [6.07, 6.45) is 1.68. The van der Waals surface area contributed by atoms with Gasteiger partial charge in [0.1, 0.15) is 5.52 Å². The van der Waals surface area contributed by atoms with Crippen LogP contribution in [-0.4, -0.2) is 9.97 Å².